The lowest BCUT2D eigenvalue weighted by Gasteiger charge is -2.24. The number of hydrogen-bond acceptors (Lipinski definition) is 3. The van der Waals surface area contributed by atoms with E-state index in [1.54, 1.807) is 0 Å². The van der Waals surface area contributed by atoms with Gasteiger partial charge < -0.3 is 4.90 Å². The van der Waals surface area contributed by atoms with E-state index in [0.29, 0.717) is 6.54 Å². The maximum atomic E-state index is 12.3. The number of amides is 1. The summed E-state index contributed by atoms with van der Waals surface area (Å²) in [5.41, 5.74) is 2.58. The zero-order valence-electron chi connectivity index (χ0n) is 12.8. The molecule has 1 saturated heterocycles. The molecule has 0 aromatic heterocycles. The largest absolute Gasteiger partial charge is 0.337 e. The monoisotopic (exact) mass is 323 g/mol. The van der Waals surface area contributed by atoms with Gasteiger partial charge in [0.25, 0.3) is 10.2 Å². The van der Waals surface area contributed by atoms with Gasteiger partial charge in [-0.15, -0.1) is 0 Å². The van der Waals surface area contributed by atoms with E-state index in [4.69, 9.17) is 0 Å². The smallest absolute Gasteiger partial charge is 0.279 e. The van der Waals surface area contributed by atoms with Crippen molar-refractivity contribution in [1.82, 2.24) is 13.9 Å². The lowest BCUT2D eigenvalue weighted by atomic mass is 10.1. The third kappa shape index (κ3) is 2.88. The van der Waals surface area contributed by atoms with Crippen LogP contribution < -0.4 is 4.72 Å². The molecule has 120 valence electrons. The summed E-state index contributed by atoms with van der Waals surface area (Å²) < 4.78 is 27.5. The van der Waals surface area contributed by atoms with Gasteiger partial charge in [-0.2, -0.15) is 17.4 Å². The van der Waals surface area contributed by atoms with Gasteiger partial charge in [-0.1, -0.05) is 24.3 Å². The van der Waals surface area contributed by atoms with Crippen LogP contribution in [-0.4, -0.2) is 56.3 Å². The molecule has 1 aliphatic heterocycles. The molecule has 7 heteroatoms. The van der Waals surface area contributed by atoms with Gasteiger partial charge in [0.1, 0.15) is 0 Å². The van der Waals surface area contributed by atoms with Crippen molar-refractivity contribution in [2.24, 2.45) is 0 Å². The number of benzene rings is 1. The predicted octanol–water partition coefficient (Wildman–Crippen LogP) is 0.151. The number of nitrogens with one attached hydrogen (secondary N) is 1. The summed E-state index contributed by atoms with van der Waals surface area (Å²) in [7, 11) is -0.548. The van der Waals surface area contributed by atoms with Gasteiger partial charge in [-0.25, -0.2) is 0 Å². The summed E-state index contributed by atoms with van der Waals surface area (Å²) in [5, 5.41) is 0. The molecular weight excluding hydrogens is 302 g/mol. The number of fused-ring (bicyclic) bond motifs is 1. The van der Waals surface area contributed by atoms with E-state index in [1.165, 1.54) is 25.2 Å². The third-order valence-corrected chi connectivity index (χ3v) is 6.02. The molecule has 6 nitrogen and oxygen atoms in total. The van der Waals surface area contributed by atoms with Crippen molar-refractivity contribution in [3.05, 3.63) is 35.4 Å². The number of hydrogen-bond donors (Lipinski definition) is 1. The van der Waals surface area contributed by atoms with Gasteiger partial charge >= 0.3 is 0 Å². The Morgan fingerprint density at radius 1 is 1.14 bits per heavy atom. The van der Waals surface area contributed by atoms with Crippen molar-refractivity contribution >= 4 is 16.1 Å². The van der Waals surface area contributed by atoms with Crippen LogP contribution in [0.15, 0.2) is 24.3 Å². The highest BCUT2D eigenvalue weighted by atomic mass is 32.2. The number of carbonyl (C=O) groups excluding carboxylic acids is 1. The first-order chi connectivity index (χ1) is 10.4. The second-order valence-corrected chi connectivity index (χ2v) is 8.10. The molecule has 1 N–H and O–H groups in total. The van der Waals surface area contributed by atoms with Crippen molar-refractivity contribution in [3.63, 3.8) is 0 Å². The van der Waals surface area contributed by atoms with E-state index in [1.807, 2.05) is 17.0 Å². The molecule has 22 heavy (non-hydrogen) atoms. The fourth-order valence-corrected chi connectivity index (χ4v) is 4.03. The second-order valence-electron chi connectivity index (χ2n) is 6.18. The molecule has 1 heterocycles. The van der Waals surface area contributed by atoms with Crippen LogP contribution in [0.4, 0.5) is 0 Å². The zero-order valence-corrected chi connectivity index (χ0v) is 13.6. The van der Waals surface area contributed by atoms with Crippen LogP contribution in [0.3, 0.4) is 0 Å². The molecule has 1 amide bonds. The molecule has 0 saturated carbocycles. The minimum atomic E-state index is -3.50. The molecule has 1 fully saturated rings. The second kappa shape index (κ2) is 5.64. The standard InChI is InChI=1S/C15H21N3O3S/c1-17(2)22(20,21)16-13-9-15(19)18(10-13)14-7-11-5-3-4-6-12(11)8-14/h3-6,13-14,16H,7-10H2,1-2H3. The Labute approximate surface area is 131 Å². The van der Waals surface area contributed by atoms with Crippen LogP contribution >= 0.6 is 0 Å². The van der Waals surface area contributed by atoms with Gasteiger partial charge in [0.15, 0.2) is 0 Å². The first-order valence-electron chi connectivity index (χ1n) is 7.43. The highest BCUT2D eigenvalue weighted by Crippen LogP contribution is 2.28. The number of likely N-dealkylation sites (tertiary alicyclic amines) is 1. The Balaban J connectivity index is 1.67. The molecular formula is C15H21N3O3S. The Kier molecular flexibility index (Phi) is 3.96. The van der Waals surface area contributed by atoms with E-state index in [0.717, 1.165) is 17.1 Å². The van der Waals surface area contributed by atoms with Gasteiger partial charge in [0.05, 0.1) is 0 Å². The van der Waals surface area contributed by atoms with Crippen LogP contribution in [0.1, 0.15) is 17.5 Å². The molecule has 1 aromatic carbocycles. The predicted molar refractivity (Wildman–Crippen MR) is 83.5 cm³/mol. The molecule has 2 aliphatic rings. The first kappa shape index (κ1) is 15.5. The Bertz CT molecular complexity index is 662. The lowest BCUT2D eigenvalue weighted by Crippen LogP contribution is -2.44. The van der Waals surface area contributed by atoms with Crippen LogP contribution in [0.2, 0.25) is 0 Å². The number of rotatable bonds is 4. The Morgan fingerprint density at radius 2 is 1.73 bits per heavy atom. The summed E-state index contributed by atoms with van der Waals surface area (Å²) in [6.45, 7) is 0.449. The maximum Gasteiger partial charge on any atom is 0.279 e. The van der Waals surface area contributed by atoms with Crippen molar-refractivity contribution in [3.8, 4) is 0 Å². The molecule has 0 radical (unpaired) electrons. The number of carbonyl (C=O) groups is 1. The van der Waals surface area contributed by atoms with Crippen molar-refractivity contribution < 1.29 is 13.2 Å². The third-order valence-electron chi connectivity index (χ3n) is 4.42. The molecule has 0 spiro atoms. The average Bonchev–Trinajstić information content (AvgIpc) is 3.01. The van der Waals surface area contributed by atoms with E-state index in [2.05, 4.69) is 16.9 Å². The molecule has 1 aromatic rings. The normalized spacial score (nSPS) is 22.6. The maximum absolute atomic E-state index is 12.3. The van der Waals surface area contributed by atoms with Crippen molar-refractivity contribution in [1.29, 1.82) is 0 Å². The minimum Gasteiger partial charge on any atom is -0.337 e. The fraction of sp³-hybridized carbons (Fsp3) is 0.533. The van der Waals surface area contributed by atoms with Crippen LogP contribution in [-0.2, 0) is 27.8 Å². The van der Waals surface area contributed by atoms with Crippen LogP contribution in [0.25, 0.3) is 0 Å². The van der Waals surface area contributed by atoms with Gasteiger partial charge in [-0.05, 0) is 24.0 Å². The minimum absolute atomic E-state index is 0.0317. The Hall–Kier alpha value is -1.44. The van der Waals surface area contributed by atoms with E-state index >= 15 is 0 Å². The first-order valence-corrected chi connectivity index (χ1v) is 8.87. The molecule has 3 rings (SSSR count). The number of nitrogens with zero attached hydrogens (tertiary/aromatic N) is 2. The van der Waals surface area contributed by atoms with E-state index in [9.17, 15) is 13.2 Å². The molecule has 0 bridgehead atoms. The van der Waals surface area contributed by atoms with Crippen molar-refractivity contribution in [2.75, 3.05) is 20.6 Å². The lowest BCUT2D eigenvalue weighted by molar-refractivity contribution is -0.129. The summed E-state index contributed by atoms with van der Waals surface area (Å²) in [5.74, 6) is 0.0317. The summed E-state index contributed by atoms with van der Waals surface area (Å²) in [4.78, 5) is 14.1. The van der Waals surface area contributed by atoms with Gasteiger partial charge in [0, 0.05) is 39.1 Å². The molecule has 1 atom stereocenters. The highest BCUT2D eigenvalue weighted by molar-refractivity contribution is 7.87. The topological polar surface area (TPSA) is 69.7 Å². The van der Waals surface area contributed by atoms with Crippen LogP contribution in [0, 0.1) is 0 Å². The van der Waals surface area contributed by atoms with Crippen LogP contribution in [0.5, 0.6) is 0 Å². The van der Waals surface area contributed by atoms with Crippen molar-refractivity contribution in [2.45, 2.75) is 31.3 Å². The summed E-state index contributed by atoms with van der Waals surface area (Å²) in [6.07, 6.45) is 1.95. The SMILES string of the molecule is CN(C)S(=O)(=O)NC1CC(=O)N(C2Cc3ccccc3C2)C1. The quantitative estimate of drug-likeness (QED) is 0.857. The van der Waals surface area contributed by atoms with E-state index in [-0.39, 0.29) is 24.4 Å². The zero-order chi connectivity index (χ0) is 15.9. The molecule has 1 unspecified atom stereocenters. The van der Waals surface area contributed by atoms with Gasteiger partial charge in [-0.3, -0.25) is 4.79 Å². The fourth-order valence-electron chi connectivity index (χ4n) is 3.24. The summed E-state index contributed by atoms with van der Waals surface area (Å²) in [6, 6.07) is 8.04. The average molecular weight is 323 g/mol. The highest BCUT2D eigenvalue weighted by Gasteiger charge is 2.38. The summed E-state index contributed by atoms with van der Waals surface area (Å²) >= 11 is 0. The van der Waals surface area contributed by atoms with E-state index < -0.39 is 10.2 Å². The Morgan fingerprint density at radius 3 is 2.27 bits per heavy atom. The molecule has 1 aliphatic carbocycles. The van der Waals surface area contributed by atoms with Gasteiger partial charge in [0.2, 0.25) is 5.91 Å².